The number of ether oxygens (including phenoxy) is 2. The van der Waals surface area contributed by atoms with Crippen LogP contribution in [0.15, 0.2) is 12.1 Å². The second-order valence-electron chi connectivity index (χ2n) is 5.74. The Bertz CT molecular complexity index is 499. The Kier molecular flexibility index (Phi) is 5.99. The van der Waals surface area contributed by atoms with Crippen LogP contribution >= 0.6 is 0 Å². The van der Waals surface area contributed by atoms with Crippen molar-refractivity contribution >= 4 is 11.9 Å². The molecule has 4 nitrogen and oxygen atoms in total. The number of carbonyl (C=O) groups excluding carboxylic acids is 2. The van der Waals surface area contributed by atoms with Gasteiger partial charge >= 0.3 is 11.9 Å². The van der Waals surface area contributed by atoms with Crippen molar-refractivity contribution in [1.29, 1.82) is 0 Å². The molecule has 0 fully saturated rings. The monoisotopic (exact) mass is 304 g/mol. The smallest absolute Gasteiger partial charge is 0.339 e. The summed E-state index contributed by atoms with van der Waals surface area (Å²) in [6, 6.07) is 3.94. The third-order valence-electron chi connectivity index (χ3n) is 4.30. The molecule has 0 amide bonds. The lowest BCUT2D eigenvalue weighted by molar-refractivity contribution is 0.0553. The Labute approximate surface area is 131 Å². The minimum absolute atomic E-state index is 0.396. The molecule has 0 spiro atoms. The first-order chi connectivity index (χ1) is 10.7. The number of carbonyl (C=O) groups is 2. The van der Waals surface area contributed by atoms with Gasteiger partial charge in [-0.15, -0.1) is 0 Å². The maximum Gasteiger partial charge on any atom is 0.339 e. The number of hydrogen-bond acceptors (Lipinski definition) is 4. The average Bonchev–Trinajstić information content (AvgIpc) is 2.53. The molecule has 0 aromatic heterocycles. The molecule has 4 heteroatoms. The maximum atomic E-state index is 12.2. The molecule has 0 saturated heterocycles. The van der Waals surface area contributed by atoms with Crippen molar-refractivity contribution in [1.82, 2.24) is 0 Å². The number of esters is 2. The number of methoxy groups -OCH3 is 2. The predicted molar refractivity (Wildman–Crippen MR) is 84.2 cm³/mol. The number of benzene rings is 1. The van der Waals surface area contributed by atoms with Crippen LogP contribution in [0.3, 0.4) is 0 Å². The highest BCUT2D eigenvalue weighted by Crippen LogP contribution is 2.26. The van der Waals surface area contributed by atoms with Crippen molar-refractivity contribution in [3.05, 3.63) is 34.4 Å². The van der Waals surface area contributed by atoms with E-state index in [1.807, 2.05) is 12.1 Å². The normalized spacial score (nSPS) is 15.5. The summed E-state index contributed by atoms with van der Waals surface area (Å²) in [5, 5.41) is 0. The topological polar surface area (TPSA) is 52.6 Å². The molecule has 0 radical (unpaired) electrons. The highest BCUT2D eigenvalue weighted by Gasteiger charge is 2.25. The average molecular weight is 304 g/mol. The number of fused-ring (bicyclic) bond motifs is 9. The Morgan fingerprint density at radius 2 is 1.09 bits per heavy atom. The minimum Gasteiger partial charge on any atom is -0.465 e. The highest BCUT2D eigenvalue weighted by atomic mass is 16.5. The van der Waals surface area contributed by atoms with E-state index in [4.69, 9.17) is 9.47 Å². The predicted octanol–water partition coefficient (Wildman–Crippen LogP) is 3.70. The molecule has 0 unspecified atom stereocenters. The third kappa shape index (κ3) is 3.67. The van der Waals surface area contributed by atoms with Crippen molar-refractivity contribution in [3.8, 4) is 0 Å². The molecule has 2 aliphatic carbocycles. The van der Waals surface area contributed by atoms with E-state index >= 15 is 0 Å². The lowest BCUT2D eigenvalue weighted by Gasteiger charge is -2.17. The summed E-state index contributed by atoms with van der Waals surface area (Å²) in [6.45, 7) is 0. The van der Waals surface area contributed by atoms with Gasteiger partial charge in [-0.3, -0.25) is 0 Å². The zero-order chi connectivity index (χ0) is 15.9. The van der Waals surface area contributed by atoms with Crippen LogP contribution in [-0.2, 0) is 22.3 Å². The van der Waals surface area contributed by atoms with E-state index in [9.17, 15) is 9.59 Å². The Balaban J connectivity index is 2.55. The van der Waals surface area contributed by atoms with Crippen molar-refractivity contribution in [3.63, 3.8) is 0 Å². The van der Waals surface area contributed by atoms with Crippen LogP contribution < -0.4 is 0 Å². The van der Waals surface area contributed by atoms with Gasteiger partial charge in [0.15, 0.2) is 0 Å². The van der Waals surface area contributed by atoms with E-state index < -0.39 is 11.9 Å². The molecule has 0 heterocycles. The van der Waals surface area contributed by atoms with Gasteiger partial charge in [0.1, 0.15) is 0 Å². The standard InChI is InChI=1S/C18H24O4/c1-21-17(19)15-13-9-7-5-3-4-6-8-10-14(12-11-13)16(15)18(20)22-2/h11-12H,3-10H2,1-2H3. The second kappa shape index (κ2) is 7.97. The molecule has 1 aromatic rings. The van der Waals surface area contributed by atoms with Crippen LogP contribution in [0.4, 0.5) is 0 Å². The summed E-state index contributed by atoms with van der Waals surface area (Å²) in [4.78, 5) is 24.5. The third-order valence-corrected chi connectivity index (χ3v) is 4.30. The van der Waals surface area contributed by atoms with Crippen LogP contribution in [0.25, 0.3) is 0 Å². The number of rotatable bonds is 2. The summed E-state index contributed by atoms with van der Waals surface area (Å²) < 4.78 is 9.84. The zero-order valence-corrected chi connectivity index (χ0v) is 13.4. The van der Waals surface area contributed by atoms with Crippen molar-refractivity contribution < 1.29 is 19.1 Å². The first-order valence-corrected chi connectivity index (χ1v) is 8.00. The quantitative estimate of drug-likeness (QED) is 0.782. The maximum absolute atomic E-state index is 12.2. The molecule has 1 aromatic carbocycles. The molecular weight excluding hydrogens is 280 g/mol. The van der Waals surface area contributed by atoms with E-state index in [0.29, 0.717) is 11.1 Å². The fourth-order valence-corrected chi connectivity index (χ4v) is 3.11. The van der Waals surface area contributed by atoms with E-state index in [2.05, 4.69) is 0 Å². The van der Waals surface area contributed by atoms with Crippen LogP contribution in [-0.4, -0.2) is 26.2 Å². The molecule has 22 heavy (non-hydrogen) atoms. The molecule has 120 valence electrons. The SMILES string of the molecule is COC(=O)c1c2ccc(c1C(=O)OC)CCCCCCCC2. The molecule has 0 saturated carbocycles. The van der Waals surface area contributed by atoms with Crippen molar-refractivity contribution in [2.24, 2.45) is 0 Å². The Morgan fingerprint density at radius 3 is 1.45 bits per heavy atom. The van der Waals surface area contributed by atoms with Gasteiger partial charge in [-0.05, 0) is 36.8 Å². The van der Waals surface area contributed by atoms with E-state index in [0.717, 1.165) is 49.7 Å². The molecule has 3 rings (SSSR count). The highest BCUT2D eigenvalue weighted by molar-refractivity contribution is 6.05. The van der Waals surface area contributed by atoms with Gasteiger partial charge in [0, 0.05) is 0 Å². The van der Waals surface area contributed by atoms with Gasteiger partial charge < -0.3 is 9.47 Å². The van der Waals surface area contributed by atoms with Gasteiger partial charge in [-0.25, -0.2) is 9.59 Å². The fourth-order valence-electron chi connectivity index (χ4n) is 3.11. The summed E-state index contributed by atoms with van der Waals surface area (Å²) in [6.07, 6.45) is 8.37. The van der Waals surface area contributed by atoms with Gasteiger partial charge in [0.2, 0.25) is 0 Å². The number of aryl methyl sites for hydroxylation is 2. The summed E-state index contributed by atoms with van der Waals surface area (Å²) in [5.41, 5.74) is 2.56. The lowest BCUT2D eigenvalue weighted by atomic mass is 9.89. The summed E-state index contributed by atoms with van der Waals surface area (Å²) >= 11 is 0. The Hall–Kier alpha value is -1.84. The van der Waals surface area contributed by atoms with Crippen LogP contribution in [0.5, 0.6) is 0 Å². The van der Waals surface area contributed by atoms with Gasteiger partial charge in [-0.1, -0.05) is 37.8 Å². The summed E-state index contributed by atoms with van der Waals surface area (Å²) in [7, 11) is 2.70. The van der Waals surface area contributed by atoms with Gasteiger partial charge in [-0.2, -0.15) is 0 Å². The zero-order valence-electron chi connectivity index (χ0n) is 13.4. The lowest BCUT2D eigenvalue weighted by Crippen LogP contribution is -2.17. The van der Waals surface area contributed by atoms with Crippen LogP contribution in [0, 0.1) is 0 Å². The molecule has 0 atom stereocenters. The molecule has 2 bridgehead atoms. The summed E-state index contributed by atoms with van der Waals surface area (Å²) in [5.74, 6) is -0.899. The van der Waals surface area contributed by atoms with Crippen molar-refractivity contribution in [2.45, 2.75) is 51.4 Å². The molecule has 2 aliphatic rings. The fraction of sp³-hybridized carbons (Fsp3) is 0.556. The number of hydrogen-bond donors (Lipinski definition) is 0. The Morgan fingerprint density at radius 1 is 0.727 bits per heavy atom. The molecular formula is C18H24O4. The largest absolute Gasteiger partial charge is 0.465 e. The molecule has 0 aliphatic heterocycles. The van der Waals surface area contributed by atoms with Gasteiger partial charge in [0.05, 0.1) is 25.3 Å². The molecule has 0 N–H and O–H groups in total. The van der Waals surface area contributed by atoms with E-state index in [1.165, 1.54) is 27.1 Å². The van der Waals surface area contributed by atoms with Crippen molar-refractivity contribution in [2.75, 3.05) is 14.2 Å². The van der Waals surface area contributed by atoms with Crippen LogP contribution in [0.1, 0.15) is 70.4 Å². The second-order valence-corrected chi connectivity index (χ2v) is 5.74. The minimum atomic E-state index is -0.450. The van der Waals surface area contributed by atoms with E-state index in [-0.39, 0.29) is 0 Å². The van der Waals surface area contributed by atoms with E-state index in [1.54, 1.807) is 0 Å². The van der Waals surface area contributed by atoms with Gasteiger partial charge in [0.25, 0.3) is 0 Å². The first kappa shape index (κ1) is 16.5. The first-order valence-electron chi connectivity index (χ1n) is 8.00. The van der Waals surface area contributed by atoms with Crippen LogP contribution in [0.2, 0.25) is 0 Å².